The van der Waals surface area contributed by atoms with Gasteiger partial charge in [0.15, 0.2) is 9.84 Å². The molecule has 0 bridgehead atoms. The zero-order valence-corrected chi connectivity index (χ0v) is 11.8. The zero-order chi connectivity index (χ0) is 13.4. The van der Waals surface area contributed by atoms with Crippen LogP contribution in [-0.4, -0.2) is 33.1 Å². The third-order valence-corrected chi connectivity index (χ3v) is 4.21. The van der Waals surface area contributed by atoms with Gasteiger partial charge in [0.2, 0.25) is 0 Å². The second kappa shape index (κ2) is 7.26. The second-order valence-corrected chi connectivity index (χ2v) is 6.51. The maximum absolute atomic E-state index is 11.3. The van der Waals surface area contributed by atoms with Gasteiger partial charge in [0.1, 0.15) is 5.75 Å². The van der Waals surface area contributed by atoms with Gasteiger partial charge < -0.3 is 10.1 Å². The molecule has 1 rings (SSSR count). The van der Waals surface area contributed by atoms with Crippen molar-refractivity contribution in [3.8, 4) is 5.75 Å². The number of anilines is 1. The van der Waals surface area contributed by atoms with Gasteiger partial charge in [-0.25, -0.2) is 8.42 Å². The monoisotopic (exact) mass is 271 g/mol. The molecule has 0 aromatic heterocycles. The van der Waals surface area contributed by atoms with Crippen LogP contribution < -0.4 is 10.1 Å². The lowest BCUT2D eigenvalue weighted by Crippen LogP contribution is -2.17. The molecule has 5 heteroatoms. The van der Waals surface area contributed by atoms with E-state index >= 15 is 0 Å². The molecule has 0 saturated heterocycles. The summed E-state index contributed by atoms with van der Waals surface area (Å²) in [5.74, 6) is 1.19. The number of hydrogen-bond acceptors (Lipinski definition) is 4. The number of hydrogen-bond donors (Lipinski definition) is 1. The van der Waals surface area contributed by atoms with Crippen molar-refractivity contribution in [2.75, 3.05) is 30.0 Å². The molecule has 4 nitrogen and oxygen atoms in total. The summed E-state index contributed by atoms with van der Waals surface area (Å²) >= 11 is 0. The van der Waals surface area contributed by atoms with E-state index in [1.807, 2.05) is 24.3 Å². The number of ether oxygens (including phenoxy) is 1. The van der Waals surface area contributed by atoms with Crippen LogP contribution in [-0.2, 0) is 9.84 Å². The van der Waals surface area contributed by atoms with Gasteiger partial charge in [-0.15, -0.1) is 0 Å². The maximum atomic E-state index is 11.3. The highest BCUT2D eigenvalue weighted by Crippen LogP contribution is 2.15. The Morgan fingerprint density at radius 3 is 2.39 bits per heavy atom. The predicted molar refractivity (Wildman–Crippen MR) is 75.0 cm³/mol. The largest absolute Gasteiger partial charge is 0.494 e. The van der Waals surface area contributed by atoms with Crippen molar-refractivity contribution in [1.82, 2.24) is 0 Å². The van der Waals surface area contributed by atoms with E-state index in [0.29, 0.717) is 13.2 Å². The topological polar surface area (TPSA) is 55.4 Å². The van der Waals surface area contributed by atoms with Gasteiger partial charge in [-0.1, -0.05) is 13.8 Å². The molecular weight excluding hydrogens is 250 g/mol. The van der Waals surface area contributed by atoms with Crippen molar-refractivity contribution in [2.45, 2.75) is 20.3 Å². The predicted octanol–water partition coefficient (Wildman–Crippen LogP) is 2.32. The van der Waals surface area contributed by atoms with Gasteiger partial charge in [0.25, 0.3) is 0 Å². The lowest BCUT2D eigenvalue weighted by atomic mass is 10.3. The van der Waals surface area contributed by atoms with Crippen LogP contribution in [0.1, 0.15) is 20.3 Å². The minimum absolute atomic E-state index is 0.164. The third-order valence-electron chi connectivity index (χ3n) is 2.51. The Morgan fingerprint density at radius 1 is 1.17 bits per heavy atom. The van der Waals surface area contributed by atoms with Gasteiger partial charge in [-0.2, -0.15) is 0 Å². The summed E-state index contributed by atoms with van der Waals surface area (Å²) in [6.07, 6.45) is 0.981. The van der Waals surface area contributed by atoms with Crippen molar-refractivity contribution in [1.29, 1.82) is 0 Å². The molecule has 0 aliphatic heterocycles. The summed E-state index contributed by atoms with van der Waals surface area (Å²) in [5.41, 5.74) is 0.908. The van der Waals surface area contributed by atoms with Crippen molar-refractivity contribution >= 4 is 15.5 Å². The average molecular weight is 271 g/mol. The molecule has 0 aliphatic rings. The minimum Gasteiger partial charge on any atom is -0.494 e. The molecule has 0 radical (unpaired) electrons. The first-order valence-electron chi connectivity index (χ1n) is 6.24. The highest BCUT2D eigenvalue weighted by Gasteiger charge is 2.06. The molecule has 0 unspecified atom stereocenters. The maximum Gasteiger partial charge on any atom is 0.151 e. The molecule has 0 fully saturated rings. The first-order valence-corrected chi connectivity index (χ1v) is 8.06. The van der Waals surface area contributed by atoms with E-state index in [1.54, 1.807) is 6.92 Å². The molecule has 102 valence electrons. The molecule has 0 saturated carbocycles. The summed E-state index contributed by atoms with van der Waals surface area (Å²) in [7, 11) is -2.90. The van der Waals surface area contributed by atoms with Crippen LogP contribution in [0.5, 0.6) is 5.75 Å². The van der Waals surface area contributed by atoms with E-state index in [9.17, 15) is 8.42 Å². The Morgan fingerprint density at radius 2 is 1.83 bits per heavy atom. The Hall–Kier alpha value is -1.23. The highest BCUT2D eigenvalue weighted by atomic mass is 32.2. The molecule has 0 spiro atoms. The lowest BCUT2D eigenvalue weighted by Gasteiger charge is -2.08. The van der Waals surface area contributed by atoms with Crippen LogP contribution in [0.2, 0.25) is 0 Å². The second-order valence-electron chi connectivity index (χ2n) is 4.04. The summed E-state index contributed by atoms with van der Waals surface area (Å²) in [5, 5.41) is 3.08. The molecule has 18 heavy (non-hydrogen) atoms. The smallest absolute Gasteiger partial charge is 0.151 e. The molecule has 1 N–H and O–H groups in total. The summed E-state index contributed by atoms with van der Waals surface area (Å²) in [6.45, 7) is 4.87. The van der Waals surface area contributed by atoms with Gasteiger partial charge in [0.05, 0.1) is 12.4 Å². The fourth-order valence-electron chi connectivity index (χ4n) is 1.38. The Bertz CT molecular complexity index is 440. The van der Waals surface area contributed by atoms with Gasteiger partial charge in [-0.3, -0.25) is 0 Å². The Balaban J connectivity index is 2.39. The summed E-state index contributed by atoms with van der Waals surface area (Å²) < 4.78 is 28.1. The van der Waals surface area contributed by atoms with Crippen LogP contribution in [0.15, 0.2) is 24.3 Å². The van der Waals surface area contributed by atoms with Gasteiger partial charge in [0, 0.05) is 18.0 Å². The van der Waals surface area contributed by atoms with Gasteiger partial charge in [-0.05, 0) is 30.7 Å². The summed E-state index contributed by atoms with van der Waals surface area (Å²) in [4.78, 5) is 0. The zero-order valence-electron chi connectivity index (χ0n) is 11.0. The van der Waals surface area contributed by atoms with Gasteiger partial charge >= 0.3 is 0 Å². The fourth-order valence-corrected chi connectivity index (χ4v) is 2.09. The van der Waals surface area contributed by atoms with Crippen molar-refractivity contribution in [3.05, 3.63) is 24.3 Å². The molecule has 0 amide bonds. The van der Waals surface area contributed by atoms with Crippen molar-refractivity contribution < 1.29 is 13.2 Å². The van der Waals surface area contributed by atoms with Crippen LogP contribution in [0.25, 0.3) is 0 Å². The van der Waals surface area contributed by atoms with E-state index < -0.39 is 9.84 Å². The normalized spacial score (nSPS) is 11.2. The van der Waals surface area contributed by atoms with E-state index in [4.69, 9.17) is 4.74 Å². The first-order chi connectivity index (χ1) is 8.57. The minimum atomic E-state index is -2.90. The van der Waals surface area contributed by atoms with E-state index in [-0.39, 0.29) is 11.5 Å². The molecule has 0 atom stereocenters. The SMILES string of the molecule is CCCOc1ccc(NCCS(=O)(=O)CC)cc1. The lowest BCUT2D eigenvalue weighted by molar-refractivity contribution is 0.317. The van der Waals surface area contributed by atoms with Crippen molar-refractivity contribution in [3.63, 3.8) is 0 Å². The quantitative estimate of drug-likeness (QED) is 0.788. The fraction of sp³-hybridized carbons (Fsp3) is 0.538. The van der Waals surface area contributed by atoms with Crippen molar-refractivity contribution in [2.24, 2.45) is 0 Å². The molecule has 1 aromatic carbocycles. The average Bonchev–Trinajstić information content (AvgIpc) is 2.38. The number of nitrogens with one attached hydrogen (secondary N) is 1. The van der Waals surface area contributed by atoms with Crippen LogP contribution >= 0.6 is 0 Å². The number of sulfone groups is 1. The van der Waals surface area contributed by atoms with Crippen LogP contribution in [0.3, 0.4) is 0 Å². The highest BCUT2D eigenvalue weighted by molar-refractivity contribution is 7.91. The Kier molecular flexibility index (Phi) is 5.98. The standard InChI is InChI=1S/C13H21NO3S/c1-3-10-17-13-7-5-12(6-8-13)14-9-11-18(15,16)4-2/h5-8,14H,3-4,9-11H2,1-2H3. The molecule has 0 heterocycles. The molecule has 1 aromatic rings. The van der Waals surface area contributed by atoms with E-state index in [0.717, 1.165) is 17.9 Å². The number of benzene rings is 1. The van der Waals surface area contributed by atoms with E-state index in [2.05, 4.69) is 12.2 Å². The summed E-state index contributed by atoms with van der Waals surface area (Å²) in [6, 6.07) is 7.55. The molecular formula is C13H21NO3S. The van der Waals surface area contributed by atoms with E-state index in [1.165, 1.54) is 0 Å². The first kappa shape index (κ1) is 14.8. The van der Waals surface area contributed by atoms with Crippen LogP contribution in [0.4, 0.5) is 5.69 Å². The molecule has 0 aliphatic carbocycles. The third kappa shape index (κ3) is 5.40. The van der Waals surface area contributed by atoms with Crippen LogP contribution in [0, 0.1) is 0 Å². The Labute approximate surface area is 109 Å². The number of rotatable bonds is 8.